The van der Waals surface area contributed by atoms with Crippen molar-refractivity contribution in [2.24, 2.45) is 0 Å². The lowest BCUT2D eigenvalue weighted by atomic mass is 10.1. The molecule has 0 amide bonds. The summed E-state index contributed by atoms with van der Waals surface area (Å²) in [6.07, 6.45) is 0. The fourth-order valence-corrected chi connectivity index (χ4v) is 2.17. The Labute approximate surface area is 122 Å². The standard InChI is InChI=1S/C16H18BrNO/c1-12(14-4-3-5-16(10-14)19-2)18-11-13-6-8-15(17)9-7-13/h3-10,12,18H,11H2,1-2H3/t12-/m1/s1. The molecule has 0 bridgehead atoms. The minimum absolute atomic E-state index is 0.291. The quantitative estimate of drug-likeness (QED) is 0.886. The highest BCUT2D eigenvalue weighted by atomic mass is 79.9. The highest BCUT2D eigenvalue weighted by Crippen LogP contribution is 2.19. The van der Waals surface area contributed by atoms with E-state index in [9.17, 15) is 0 Å². The lowest BCUT2D eigenvalue weighted by Gasteiger charge is -2.15. The summed E-state index contributed by atoms with van der Waals surface area (Å²) in [6.45, 7) is 3.01. The summed E-state index contributed by atoms with van der Waals surface area (Å²) in [5.41, 5.74) is 2.51. The zero-order chi connectivity index (χ0) is 13.7. The fraction of sp³-hybridized carbons (Fsp3) is 0.250. The molecule has 0 radical (unpaired) electrons. The van der Waals surface area contributed by atoms with Gasteiger partial charge in [0.1, 0.15) is 5.75 Å². The molecule has 0 spiro atoms. The first-order chi connectivity index (χ1) is 9.19. The van der Waals surface area contributed by atoms with Crippen LogP contribution >= 0.6 is 15.9 Å². The van der Waals surface area contributed by atoms with Gasteiger partial charge < -0.3 is 10.1 Å². The molecular weight excluding hydrogens is 302 g/mol. The van der Waals surface area contributed by atoms with E-state index in [2.05, 4.69) is 64.6 Å². The van der Waals surface area contributed by atoms with Crippen LogP contribution in [0.4, 0.5) is 0 Å². The first-order valence-electron chi connectivity index (χ1n) is 6.31. The van der Waals surface area contributed by atoms with E-state index < -0.39 is 0 Å². The molecule has 0 aliphatic rings. The first-order valence-corrected chi connectivity index (χ1v) is 7.10. The minimum Gasteiger partial charge on any atom is -0.497 e. The molecule has 0 aromatic heterocycles. The van der Waals surface area contributed by atoms with Crippen LogP contribution in [0.5, 0.6) is 5.75 Å². The van der Waals surface area contributed by atoms with Gasteiger partial charge in [0.15, 0.2) is 0 Å². The maximum atomic E-state index is 5.25. The molecule has 0 heterocycles. The fourth-order valence-electron chi connectivity index (χ4n) is 1.90. The van der Waals surface area contributed by atoms with Crippen LogP contribution in [0.25, 0.3) is 0 Å². The molecule has 2 aromatic rings. The molecule has 2 aromatic carbocycles. The first kappa shape index (κ1) is 14.1. The Balaban J connectivity index is 1.96. The summed E-state index contributed by atoms with van der Waals surface area (Å²) in [5.74, 6) is 0.898. The van der Waals surface area contributed by atoms with Crippen molar-refractivity contribution in [1.82, 2.24) is 5.32 Å². The molecule has 1 atom stereocenters. The molecule has 1 N–H and O–H groups in total. The monoisotopic (exact) mass is 319 g/mol. The van der Waals surface area contributed by atoms with Gasteiger partial charge in [-0.05, 0) is 42.3 Å². The van der Waals surface area contributed by atoms with Gasteiger partial charge in [0.2, 0.25) is 0 Å². The van der Waals surface area contributed by atoms with Crippen LogP contribution in [0, 0.1) is 0 Å². The van der Waals surface area contributed by atoms with Crippen molar-refractivity contribution >= 4 is 15.9 Å². The van der Waals surface area contributed by atoms with Crippen LogP contribution < -0.4 is 10.1 Å². The van der Waals surface area contributed by atoms with E-state index in [-0.39, 0.29) is 0 Å². The third-order valence-electron chi connectivity index (χ3n) is 3.12. The lowest BCUT2D eigenvalue weighted by molar-refractivity contribution is 0.413. The van der Waals surface area contributed by atoms with Crippen LogP contribution in [0.15, 0.2) is 53.0 Å². The Hall–Kier alpha value is -1.32. The van der Waals surface area contributed by atoms with Gasteiger partial charge in [0, 0.05) is 17.1 Å². The molecular formula is C16H18BrNO. The van der Waals surface area contributed by atoms with E-state index in [1.807, 2.05) is 12.1 Å². The van der Waals surface area contributed by atoms with Crippen LogP contribution in [0.2, 0.25) is 0 Å². The number of ether oxygens (including phenoxy) is 1. The Morgan fingerprint density at radius 2 is 1.89 bits per heavy atom. The summed E-state index contributed by atoms with van der Waals surface area (Å²) >= 11 is 3.44. The number of rotatable bonds is 5. The molecule has 0 aliphatic carbocycles. The van der Waals surface area contributed by atoms with Crippen molar-refractivity contribution in [3.8, 4) is 5.75 Å². The Kier molecular flexibility index (Phi) is 5.00. The normalized spacial score (nSPS) is 12.2. The van der Waals surface area contributed by atoms with Gasteiger partial charge in [0.25, 0.3) is 0 Å². The molecule has 2 rings (SSSR count). The van der Waals surface area contributed by atoms with Gasteiger partial charge in [-0.15, -0.1) is 0 Å². The molecule has 0 aliphatic heterocycles. The highest BCUT2D eigenvalue weighted by Gasteiger charge is 2.05. The van der Waals surface area contributed by atoms with Gasteiger partial charge in [-0.1, -0.05) is 40.2 Å². The molecule has 0 fully saturated rings. The SMILES string of the molecule is COc1cccc([C@@H](C)NCc2ccc(Br)cc2)c1. The van der Waals surface area contributed by atoms with E-state index >= 15 is 0 Å². The molecule has 3 heteroatoms. The van der Waals surface area contributed by atoms with E-state index in [0.717, 1.165) is 16.8 Å². The van der Waals surface area contributed by atoms with Crippen molar-refractivity contribution in [1.29, 1.82) is 0 Å². The smallest absolute Gasteiger partial charge is 0.119 e. The summed E-state index contributed by atoms with van der Waals surface area (Å²) in [4.78, 5) is 0. The molecule has 2 nitrogen and oxygen atoms in total. The zero-order valence-electron chi connectivity index (χ0n) is 11.2. The van der Waals surface area contributed by atoms with Crippen molar-refractivity contribution in [2.75, 3.05) is 7.11 Å². The molecule has 19 heavy (non-hydrogen) atoms. The van der Waals surface area contributed by atoms with Crippen molar-refractivity contribution in [3.05, 3.63) is 64.1 Å². The van der Waals surface area contributed by atoms with Gasteiger partial charge in [-0.3, -0.25) is 0 Å². The Bertz CT molecular complexity index is 525. The van der Waals surface area contributed by atoms with Gasteiger partial charge >= 0.3 is 0 Å². The van der Waals surface area contributed by atoms with Crippen molar-refractivity contribution < 1.29 is 4.74 Å². The van der Waals surface area contributed by atoms with Crippen LogP contribution in [-0.4, -0.2) is 7.11 Å². The van der Waals surface area contributed by atoms with Gasteiger partial charge in [-0.25, -0.2) is 0 Å². The second-order valence-corrected chi connectivity index (χ2v) is 5.42. The summed E-state index contributed by atoms with van der Waals surface area (Å²) in [5, 5.41) is 3.52. The van der Waals surface area contributed by atoms with Gasteiger partial charge in [0.05, 0.1) is 7.11 Å². The molecule has 100 valence electrons. The van der Waals surface area contributed by atoms with Crippen LogP contribution in [0.1, 0.15) is 24.1 Å². The average Bonchev–Trinajstić information content (AvgIpc) is 2.46. The summed E-state index contributed by atoms with van der Waals surface area (Å²) in [6, 6.07) is 16.8. The number of halogens is 1. The highest BCUT2D eigenvalue weighted by molar-refractivity contribution is 9.10. The summed E-state index contributed by atoms with van der Waals surface area (Å²) < 4.78 is 6.36. The Morgan fingerprint density at radius 1 is 1.16 bits per heavy atom. The van der Waals surface area contributed by atoms with E-state index in [0.29, 0.717) is 6.04 Å². The van der Waals surface area contributed by atoms with Crippen LogP contribution in [-0.2, 0) is 6.54 Å². The lowest BCUT2D eigenvalue weighted by Crippen LogP contribution is -2.18. The number of methoxy groups -OCH3 is 1. The van der Waals surface area contributed by atoms with Crippen LogP contribution in [0.3, 0.4) is 0 Å². The Morgan fingerprint density at radius 3 is 2.58 bits per heavy atom. The predicted octanol–water partition coefficient (Wildman–Crippen LogP) is 4.31. The summed E-state index contributed by atoms with van der Waals surface area (Å²) in [7, 11) is 1.69. The third kappa shape index (κ3) is 4.08. The maximum Gasteiger partial charge on any atom is 0.119 e. The number of nitrogens with one attached hydrogen (secondary N) is 1. The number of hydrogen-bond acceptors (Lipinski definition) is 2. The second-order valence-electron chi connectivity index (χ2n) is 4.51. The molecule has 0 unspecified atom stereocenters. The number of hydrogen-bond donors (Lipinski definition) is 1. The van der Waals surface area contributed by atoms with Crippen molar-refractivity contribution in [3.63, 3.8) is 0 Å². The zero-order valence-corrected chi connectivity index (χ0v) is 12.8. The van der Waals surface area contributed by atoms with E-state index in [1.54, 1.807) is 7.11 Å². The van der Waals surface area contributed by atoms with E-state index in [1.165, 1.54) is 11.1 Å². The predicted molar refractivity (Wildman–Crippen MR) is 82.4 cm³/mol. The topological polar surface area (TPSA) is 21.3 Å². The number of benzene rings is 2. The third-order valence-corrected chi connectivity index (χ3v) is 3.65. The molecule has 0 saturated carbocycles. The largest absolute Gasteiger partial charge is 0.497 e. The second kappa shape index (κ2) is 6.73. The molecule has 0 saturated heterocycles. The minimum atomic E-state index is 0.291. The maximum absolute atomic E-state index is 5.25. The van der Waals surface area contributed by atoms with E-state index in [4.69, 9.17) is 4.74 Å². The van der Waals surface area contributed by atoms with Crippen molar-refractivity contribution in [2.45, 2.75) is 19.5 Å². The van der Waals surface area contributed by atoms with Gasteiger partial charge in [-0.2, -0.15) is 0 Å². The average molecular weight is 320 g/mol.